The number of anilines is 1. The lowest BCUT2D eigenvalue weighted by molar-refractivity contribution is -0.149. The van der Waals surface area contributed by atoms with Crippen molar-refractivity contribution in [3.63, 3.8) is 0 Å². The van der Waals surface area contributed by atoms with Crippen LogP contribution in [0.4, 0.5) is 10.1 Å². The van der Waals surface area contributed by atoms with Gasteiger partial charge in [0.05, 0.1) is 6.61 Å². The summed E-state index contributed by atoms with van der Waals surface area (Å²) in [5.41, 5.74) is 0.748. The third-order valence-electron chi connectivity index (χ3n) is 3.88. The molecule has 4 heteroatoms. The minimum Gasteiger partial charge on any atom is -0.464 e. The molecule has 3 nitrogen and oxygen atoms in total. The minimum absolute atomic E-state index is 0.230. The first-order valence-corrected chi connectivity index (χ1v) is 7.24. The van der Waals surface area contributed by atoms with Gasteiger partial charge in [0.25, 0.3) is 0 Å². The third-order valence-corrected chi connectivity index (χ3v) is 3.88. The van der Waals surface area contributed by atoms with E-state index in [0.717, 1.165) is 18.4 Å². The van der Waals surface area contributed by atoms with E-state index in [1.807, 2.05) is 19.9 Å². The smallest absolute Gasteiger partial charge is 0.332 e. The standard InChI is InChI=1S/C16H22FNO2/c1-4-16(12-6-7-12,15(19)20-5-2)18-14-9-11(3)8-13(17)10-14/h8-10,12,18H,4-7H2,1-3H3. The van der Waals surface area contributed by atoms with Crippen molar-refractivity contribution in [3.05, 3.63) is 29.6 Å². The number of carbonyl (C=O) groups excluding carboxylic acids is 1. The van der Waals surface area contributed by atoms with Gasteiger partial charge < -0.3 is 10.1 Å². The van der Waals surface area contributed by atoms with Gasteiger partial charge in [0.1, 0.15) is 11.4 Å². The maximum absolute atomic E-state index is 13.5. The summed E-state index contributed by atoms with van der Waals surface area (Å²) >= 11 is 0. The normalized spacial score (nSPS) is 17.4. The van der Waals surface area contributed by atoms with Crippen LogP contribution in [0.3, 0.4) is 0 Å². The zero-order valence-electron chi connectivity index (χ0n) is 12.3. The Morgan fingerprint density at radius 1 is 1.40 bits per heavy atom. The van der Waals surface area contributed by atoms with Crippen molar-refractivity contribution in [1.29, 1.82) is 0 Å². The van der Waals surface area contributed by atoms with Crippen molar-refractivity contribution >= 4 is 11.7 Å². The number of hydrogen-bond acceptors (Lipinski definition) is 3. The average molecular weight is 279 g/mol. The molecule has 0 spiro atoms. The van der Waals surface area contributed by atoms with Gasteiger partial charge in [-0.3, -0.25) is 0 Å². The van der Waals surface area contributed by atoms with E-state index < -0.39 is 5.54 Å². The topological polar surface area (TPSA) is 38.3 Å². The molecule has 20 heavy (non-hydrogen) atoms. The Morgan fingerprint density at radius 3 is 2.60 bits per heavy atom. The van der Waals surface area contributed by atoms with Gasteiger partial charge in [0, 0.05) is 5.69 Å². The number of halogens is 1. The van der Waals surface area contributed by atoms with Crippen molar-refractivity contribution in [1.82, 2.24) is 0 Å². The summed E-state index contributed by atoms with van der Waals surface area (Å²) in [6, 6.07) is 4.76. The third kappa shape index (κ3) is 2.94. The Morgan fingerprint density at radius 2 is 2.10 bits per heavy atom. The first-order chi connectivity index (χ1) is 9.51. The highest BCUT2D eigenvalue weighted by Gasteiger charge is 2.50. The molecule has 1 aromatic carbocycles. The first kappa shape index (κ1) is 14.8. The van der Waals surface area contributed by atoms with Crippen molar-refractivity contribution in [2.75, 3.05) is 11.9 Å². The molecule has 110 valence electrons. The molecular formula is C16H22FNO2. The van der Waals surface area contributed by atoms with Crippen LogP contribution >= 0.6 is 0 Å². The summed E-state index contributed by atoms with van der Waals surface area (Å²) in [6.45, 7) is 5.96. The molecule has 0 aliphatic heterocycles. The molecule has 1 aliphatic rings. The predicted octanol–water partition coefficient (Wildman–Crippen LogP) is 3.67. The lowest BCUT2D eigenvalue weighted by Gasteiger charge is -2.32. The molecule has 0 aromatic heterocycles. The summed E-state index contributed by atoms with van der Waals surface area (Å²) in [4.78, 5) is 12.4. The number of ether oxygens (including phenoxy) is 1. The quantitative estimate of drug-likeness (QED) is 0.807. The van der Waals surface area contributed by atoms with E-state index in [1.54, 1.807) is 6.92 Å². The summed E-state index contributed by atoms with van der Waals surface area (Å²) in [7, 11) is 0. The van der Waals surface area contributed by atoms with E-state index in [2.05, 4.69) is 5.32 Å². The van der Waals surface area contributed by atoms with E-state index in [0.29, 0.717) is 18.7 Å². The van der Waals surface area contributed by atoms with E-state index in [-0.39, 0.29) is 17.7 Å². The molecule has 1 fully saturated rings. The molecule has 1 aliphatic carbocycles. The number of benzene rings is 1. The molecule has 1 atom stereocenters. The molecule has 1 saturated carbocycles. The van der Waals surface area contributed by atoms with Crippen LogP contribution in [0.15, 0.2) is 18.2 Å². The van der Waals surface area contributed by atoms with Gasteiger partial charge in [0.15, 0.2) is 0 Å². The molecule has 2 rings (SSSR count). The van der Waals surface area contributed by atoms with Crippen LogP contribution in [0.5, 0.6) is 0 Å². The van der Waals surface area contributed by atoms with E-state index in [1.165, 1.54) is 12.1 Å². The Balaban J connectivity index is 2.29. The summed E-state index contributed by atoms with van der Waals surface area (Å²) in [5.74, 6) is -0.251. The Kier molecular flexibility index (Phi) is 4.31. The van der Waals surface area contributed by atoms with Crippen LogP contribution in [0, 0.1) is 18.7 Å². The Labute approximate surface area is 119 Å². The molecule has 0 heterocycles. The number of rotatable bonds is 6. The van der Waals surface area contributed by atoms with Crippen molar-refractivity contribution in [2.45, 2.75) is 45.6 Å². The van der Waals surface area contributed by atoms with Crippen molar-refractivity contribution < 1.29 is 13.9 Å². The summed E-state index contributed by atoms with van der Waals surface area (Å²) < 4.78 is 18.8. The molecule has 1 aromatic rings. The predicted molar refractivity (Wildman–Crippen MR) is 77.1 cm³/mol. The average Bonchev–Trinajstić information content (AvgIpc) is 3.19. The number of esters is 1. The maximum atomic E-state index is 13.5. The monoisotopic (exact) mass is 279 g/mol. The number of aryl methyl sites for hydroxylation is 1. The lowest BCUT2D eigenvalue weighted by Crippen LogP contribution is -2.49. The Hall–Kier alpha value is -1.58. The van der Waals surface area contributed by atoms with Gasteiger partial charge in [0.2, 0.25) is 0 Å². The molecule has 1 unspecified atom stereocenters. The molecule has 0 amide bonds. The maximum Gasteiger partial charge on any atom is 0.332 e. The Bertz CT molecular complexity index is 479. The SMILES string of the molecule is CCOC(=O)C(CC)(Nc1cc(C)cc(F)c1)C1CC1. The highest BCUT2D eigenvalue weighted by Crippen LogP contribution is 2.44. The van der Waals surface area contributed by atoms with Crippen LogP contribution in [-0.4, -0.2) is 18.1 Å². The fourth-order valence-corrected chi connectivity index (χ4v) is 2.74. The van der Waals surface area contributed by atoms with Gasteiger partial charge in [-0.15, -0.1) is 0 Å². The van der Waals surface area contributed by atoms with E-state index in [9.17, 15) is 9.18 Å². The zero-order valence-corrected chi connectivity index (χ0v) is 12.3. The summed E-state index contributed by atoms with van der Waals surface area (Å²) in [6.07, 6.45) is 2.65. The van der Waals surface area contributed by atoms with Gasteiger partial charge in [-0.05, 0) is 62.8 Å². The van der Waals surface area contributed by atoms with Crippen molar-refractivity contribution in [2.24, 2.45) is 5.92 Å². The van der Waals surface area contributed by atoms with Crippen LogP contribution in [0.2, 0.25) is 0 Å². The van der Waals surface area contributed by atoms with Gasteiger partial charge in [-0.25, -0.2) is 9.18 Å². The largest absolute Gasteiger partial charge is 0.464 e. The fourth-order valence-electron chi connectivity index (χ4n) is 2.74. The van der Waals surface area contributed by atoms with Crippen LogP contribution in [-0.2, 0) is 9.53 Å². The molecular weight excluding hydrogens is 257 g/mol. The minimum atomic E-state index is -0.726. The molecule has 0 bridgehead atoms. The first-order valence-electron chi connectivity index (χ1n) is 7.24. The second-order valence-electron chi connectivity index (χ2n) is 5.46. The van der Waals surface area contributed by atoms with Gasteiger partial charge in [-0.2, -0.15) is 0 Å². The van der Waals surface area contributed by atoms with Gasteiger partial charge >= 0.3 is 5.97 Å². The van der Waals surface area contributed by atoms with Crippen LogP contribution < -0.4 is 5.32 Å². The van der Waals surface area contributed by atoms with Gasteiger partial charge in [-0.1, -0.05) is 6.92 Å². The lowest BCUT2D eigenvalue weighted by atomic mass is 9.89. The second-order valence-corrected chi connectivity index (χ2v) is 5.46. The number of nitrogens with one attached hydrogen (secondary N) is 1. The van der Waals surface area contributed by atoms with Crippen LogP contribution in [0.1, 0.15) is 38.7 Å². The molecule has 0 saturated heterocycles. The van der Waals surface area contributed by atoms with Crippen LogP contribution in [0.25, 0.3) is 0 Å². The fraction of sp³-hybridized carbons (Fsp3) is 0.562. The number of hydrogen-bond donors (Lipinski definition) is 1. The summed E-state index contributed by atoms with van der Waals surface area (Å²) in [5, 5.41) is 3.26. The molecule has 0 radical (unpaired) electrons. The van der Waals surface area contributed by atoms with E-state index >= 15 is 0 Å². The highest BCUT2D eigenvalue weighted by molar-refractivity contribution is 5.85. The highest BCUT2D eigenvalue weighted by atomic mass is 19.1. The van der Waals surface area contributed by atoms with E-state index in [4.69, 9.17) is 4.74 Å². The molecule has 1 N–H and O–H groups in total. The number of carbonyl (C=O) groups is 1. The second kappa shape index (κ2) is 5.81. The van der Waals surface area contributed by atoms with Crippen molar-refractivity contribution in [3.8, 4) is 0 Å². The zero-order chi connectivity index (χ0) is 14.8.